The number of alkyl halides is 3. The summed E-state index contributed by atoms with van der Waals surface area (Å²) in [5, 5.41) is 0. The van der Waals surface area contributed by atoms with Gasteiger partial charge in [-0.15, -0.1) is 13.2 Å². The molecular formula is C22H19F3N4O2. The molecule has 0 aliphatic carbocycles. The van der Waals surface area contributed by atoms with Crippen molar-refractivity contribution >= 4 is 11.9 Å². The van der Waals surface area contributed by atoms with E-state index in [2.05, 4.69) is 14.7 Å². The number of nitrogens with zero attached hydrogens (tertiary/aromatic N) is 4. The fourth-order valence-corrected chi connectivity index (χ4v) is 3.45. The molecule has 0 saturated carbocycles. The Morgan fingerprint density at radius 1 is 0.871 bits per heavy atom. The molecule has 1 fully saturated rings. The first-order valence-electron chi connectivity index (χ1n) is 9.67. The molecule has 4 rings (SSSR count). The summed E-state index contributed by atoms with van der Waals surface area (Å²) in [6, 6.07) is 14.9. The number of piperazine rings is 1. The zero-order chi connectivity index (χ0) is 21.8. The van der Waals surface area contributed by atoms with Gasteiger partial charge in [0.1, 0.15) is 5.75 Å². The summed E-state index contributed by atoms with van der Waals surface area (Å²) >= 11 is 0. The number of ether oxygens (including phenoxy) is 1. The molecule has 0 unspecified atom stereocenters. The van der Waals surface area contributed by atoms with Gasteiger partial charge >= 0.3 is 6.36 Å². The second-order valence-electron chi connectivity index (χ2n) is 6.95. The Kier molecular flexibility index (Phi) is 5.75. The van der Waals surface area contributed by atoms with Crippen LogP contribution in [0.3, 0.4) is 0 Å². The molecule has 3 aromatic rings. The lowest BCUT2D eigenvalue weighted by Gasteiger charge is -2.35. The quantitative estimate of drug-likeness (QED) is 0.629. The maximum absolute atomic E-state index is 13.0. The van der Waals surface area contributed by atoms with Crippen molar-refractivity contribution in [3.05, 3.63) is 72.6 Å². The van der Waals surface area contributed by atoms with Crippen molar-refractivity contribution in [3.8, 4) is 16.9 Å². The van der Waals surface area contributed by atoms with Crippen molar-refractivity contribution < 1.29 is 22.7 Å². The number of amides is 1. The summed E-state index contributed by atoms with van der Waals surface area (Å²) in [4.78, 5) is 24.8. The number of hydrogen-bond acceptors (Lipinski definition) is 5. The maximum Gasteiger partial charge on any atom is 0.573 e. The highest BCUT2D eigenvalue weighted by Gasteiger charge is 2.34. The van der Waals surface area contributed by atoms with Gasteiger partial charge in [0.15, 0.2) is 0 Å². The number of rotatable bonds is 4. The summed E-state index contributed by atoms with van der Waals surface area (Å²) in [5.41, 5.74) is 1.13. The molecule has 1 aliphatic heterocycles. The molecule has 0 bridgehead atoms. The lowest BCUT2D eigenvalue weighted by Crippen LogP contribution is -2.49. The summed E-state index contributed by atoms with van der Waals surface area (Å²) in [7, 11) is 0. The van der Waals surface area contributed by atoms with Gasteiger partial charge in [-0.2, -0.15) is 0 Å². The van der Waals surface area contributed by atoms with Crippen LogP contribution < -0.4 is 9.64 Å². The number of hydrogen-bond donors (Lipinski definition) is 0. The zero-order valence-electron chi connectivity index (χ0n) is 16.4. The monoisotopic (exact) mass is 428 g/mol. The van der Waals surface area contributed by atoms with Crippen molar-refractivity contribution in [2.45, 2.75) is 6.36 Å². The van der Waals surface area contributed by atoms with E-state index in [4.69, 9.17) is 0 Å². The molecule has 9 heteroatoms. The van der Waals surface area contributed by atoms with Crippen LogP contribution in [0.15, 0.2) is 67.0 Å². The highest BCUT2D eigenvalue weighted by Crippen LogP contribution is 2.32. The van der Waals surface area contributed by atoms with Gasteiger partial charge in [0, 0.05) is 38.6 Å². The van der Waals surface area contributed by atoms with Crippen LogP contribution in [-0.4, -0.2) is 53.3 Å². The first-order chi connectivity index (χ1) is 14.9. The van der Waals surface area contributed by atoms with Crippen LogP contribution in [0.5, 0.6) is 5.75 Å². The van der Waals surface area contributed by atoms with Gasteiger partial charge in [0.25, 0.3) is 5.91 Å². The highest BCUT2D eigenvalue weighted by molar-refractivity contribution is 5.98. The smallest absolute Gasteiger partial charge is 0.405 e. The molecule has 0 spiro atoms. The third-order valence-corrected chi connectivity index (χ3v) is 4.95. The van der Waals surface area contributed by atoms with E-state index in [-0.39, 0.29) is 5.56 Å². The summed E-state index contributed by atoms with van der Waals surface area (Å²) in [6.07, 6.45) is -1.64. The van der Waals surface area contributed by atoms with E-state index in [1.54, 1.807) is 48.8 Å². The van der Waals surface area contributed by atoms with Crippen LogP contribution >= 0.6 is 0 Å². The van der Waals surface area contributed by atoms with Crippen molar-refractivity contribution in [1.29, 1.82) is 0 Å². The number of benzene rings is 2. The molecule has 0 radical (unpaired) electrons. The van der Waals surface area contributed by atoms with E-state index in [0.29, 0.717) is 37.7 Å². The third kappa shape index (κ3) is 4.93. The van der Waals surface area contributed by atoms with Gasteiger partial charge in [-0.3, -0.25) is 4.79 Å². The Bertz CT molecular complexity index is 1040. The third-order valence-electron chi connectivity index (χ3n) is 4.95. The summed E-state index contributed by atoms with van der Waals surface area (Å²) in [6.45, 7) is 1.63. The second-order valence-corrected chi connectivity index (χ2v) is 6.95. The van der Waals surface area contributed by atoms with Gasteiger partial charge in [-0.25, -0.2) is 9.97 Å². The van der Waals surface area contributed by atoms with Crippen molar-refractivity contribution in [1.82, 2.24) is 14.9 Å². The van der Waals surface area contributed by atoms with Crippen LogP contribution in [0.1, 0.15) is 10.4 Å². The Morgan fingerprint density at radius 2 is 1.55 bits per heavy atom. The number of carbonyl (C=O) groups is 1. The molecule has 0 N–H and O–H groups in total. The SMILES string of the molecule is O=C(c1ccc(-c2ccccc2)cc1OC(F)(F)F)N1CCN(c2ncccn2)CC1. The van der Waals surface area contributed by atoms with E-state index >= 15 is 0 Å². The topological polar surface area (TPSA) is 58.6 Å². The molecule has 1 amide bonds. The van der Waals surface area contributed by atoms with Crippen molar-refractivity contribution in [2.75, 3.05) is 31.1 Å². The van der Waals surface area contributed by atoms with E-state index in [1.807, 2.05) is 11.0 Å². The Balaban J connectivity index is 1.56. The van der Waals surface area contributed by atoms with Crippen LogP contribution in [-0.2, 0) is 0 Å². The predicted molar refractivity (Wildman–Crippen MR) is 109 cm³/mol. The van der Waals surface area contributed by atoms with Crippen LogP contribution in [0.2, 0.25) is 0 Å². The average Bonchev–Trinajstić information content (AvgIpc) is 2.79. The van der Waals surface area contributed by atoms with Crippen LogP contribution in [0.25, 0.3) is 11.1 Å². The molecule has 2 aromatic carbocycles. The lowest BCUT2D eigenvalue weighted by molar-refractivity contribution is -0.274. The Morgan fingerprint density at radius 3 is 2.19 bits per heavy atom. The molecule has 1 saturated heterocycles. The van der Waals surface area contributed by atoms with Crippen molar-refractivity contribution in [3.63, 3.8) is 0 Å². The van der Waals surface area contributed by atoms with E-state index in [9.17, 15) is 18.0 Å². The highest BCUT2D eigenvalue weighted by atomic mass is 19.4. The second kappa shape index (κ2) is 8.63. The first-order valence-corrected chi connectivity index (χ1v) is 9.67. The molecule has 1 aromatic heterocycles. The number of halogens is 3. The molecule has 160 valence electrons. The van der Waals surface area contributed by atoms with Crippen molar-refractivity contribution in [2.24, 2.45) is 0 Å². The number of carbonyl (C=O) groups excluding carboxylic acids is 1. The number of anilines is 1. The predicted octanol–water partition coefficient (Wildman–Crippen LogP) is 4.00. The number of aromatic nitrogens is 2. The maximum atomic E-state index is 13.0. The van der Waals surface area contributed by atoms with Crippen LogP contribution in [0, 0.1) is 0 Å². The minimum atomic E-state index is -4.91. The van der Waals surface area contributed by atoms with Gasteiger partial charge < -0.3 is 14.5 Å². The average molecular weight is 428 g/mol. The summed E-state index contributed by atoms with van der Waals surface area (Å²) < 4.78 is 43.3. The summed E-state index contributed by atoms with van der Waals surface area (Å²) in [5.74, 6) is -0.455. The standard InChI is InChI=1S/C22H19F3N4O2/c23-22(24,25)31-19-15-17(16-5-2-1-3-6-16)7-8-18(19)20(30)28-11-13-29(14-12-28)21-26-9-4-10-27-21/h1-10,15H,11-14H2. The molecule has 2 heterocycles. The minimum absolute atomic E-state index is 0.124. The van der Waals surface area contributed by atoms with Gasteiger partial charge in [0.2, 0.25) is 5.95 Å². The molecule has 0 atom stereocenters. The fraction of sp³-hybridized carbons (Fsp3) is 0.227. The van der Waals surface area contributed by atoms with Gasteiger partial charge in [-0.1, -0.05) is 36.4 Å². The Labute approximate surface area is 176 Å². The molecule has 6 nitrogen and oxygen atoms in total. The fourth-order valence-electron chi connectivity index (χ4n) is 3.45. The van der Waals surface area contributed by atoms with Crippen LogP contribution in [0.4, 0.5) is 19.1 Å². The largest absolute Gasteiger partial charge is 0.573 e. The molecule has 31 heavy (non-hydrogen) atoms. The normalized spacial score (nSPS) is 14.4. The zero-order valence-corrected chi connectivity index (χ0v) is 16.4. The van der Waals surface area contributed by atoms with E-state index < -0.39 is 18.0 Å². The lowest BCUT2D eigenvalue weighted by atomic mass is 10.0. The van der Waals surface area contributed by atoms with Gasteiger partial charge in [0.05, 0.1) is 5.56 Å². The molecule has 1 aliphatic rings. The van der Waals surface area contributed by atoms with E-state index in [1.165, 1.54) is 17.0 Å². The van der Waals surface area contributed by atoms with Gasteiger partial charge in [-0.05, 0) is 29.3 Å². The molecular weight excluding hydrogens is 409 g/mol. The minimum Gasteiger partial charge on any atom is -0.405 e. The Hall–Kier alpha value is -3.62. The first kappa shape index (κ1) is 20.6. The van der Waals surface area contributed by atoms with E-state index in [0.717, 1.165) is 5.56 Å².